The molecule has 2 aromatic rings. The third-order valence-corrected chi connectivity index (χ3v) is 7.69. The number of nitrogens with zero attached hydrogens (tertiary/aromatic N) is 4. The summed E-state index contributed by atoms with van der Waals surface area (Å²) in [6, 6.07) is 3.46. The highest BCUT2D eigenvalue weighted by atomic mass is 35.5. The molecule has 26 heavy (non-hydrogen) atoms. The van der Waals surface area contributed by atoms with Gasteiger partial charge in [0.05, 0.1) is 9.92 Å². The van der Waals surface area contributed by atoms with Crippen LogP contribution in [-0.2, 0) is 15.4 Å². The van der Waals surface area contributed by atoms with E-state index < -0.39 is 15.8 Å². The first-order valence-corrected chi connectivity index (χ1v) is 10.8. The molecule has 0 amide bonds. The predicted molar refractivity (Wildman–Crippen MR) is 101 cm³/mol. The zero-order valence-corrected chi connectivity index (χ0v) is 17.1. The molecule has 142 valence electrons. The lowest BCUT2D eigenvalue weighted by atomic mass is 9.98. The van der Waals surface area contributed by atoms with Gasteiger partial charge in [0, 0.05) is 31.6 Å². The van der Waals surface area contributed by atoms with Crippen LogP contribution < -0.4 is 4.90 Å². The van der Waals surface area contributed by atoms with Crippen molar-refractivity contribution >= 4 is 38.1 Å². The van der Waals surface area contributed by atoms with Crippen molar-refractivity contribution < 1.29 is 12.8 Å². The van der Waals surface area contributed by atoms with E-state index in [1.54, 1.807) is 0 Å². The minimum atomic E-state index is -3.70. The summed E-state index contributed by atoms with van der Waals surface area (Å²) in [6.07, 6.45) is 0. The van der Waals surface area contributed by atoms with Crippen LogP contribution in [0.4, 0.5) is 9.52 Å². The zero-order valence-electron chi connectivity index (χ0n) is 14.7. The minimum absolute atomic E-state index is 0.00304. The highest BCUT2D eigenvalue weighted by Gasteiger charge is 2.30. The molecule has 10 heteroatoms. The fourth-order valence-corrected chi connectivity index (χ4v) is 5.20. The number of sulfonamides is 1. The highest BCUT2D eigenvalue weighted by molar-refractivity contribution is 7.89. The molecule has 0 bridgehead atoms. The molecule has 1 saturated heterocycles. The van der Waals surface area contributed by atoms with E-state index in [0.29, 0.717) is 26.2 Å². The number of piperazine rings is 1. The predicted octanol–water partition coefficient (Wildman–Crippen LogP) is 3.14. The van der Waals surface area contributed by atoms with Gasteiger partial charge >= 0.3 is 0 Å². The van der Waals surface area contributed by atoms with E-state index in [4.69, 9.17) is 11.6 Å². The Morgan fingerprint density at radius 2 is 1.81 bits per heavy atom. The van der Waals surface area contributed by atoms with E-state index in [-0.39, 0.29) is 15.3 Å². The molecular weight excluding hydrogens is 399 g/mol. The van der Waals surface area contributed by atoms with Crippen LogP contribution in [0.25, 0.3) is 0 Å². The summed E-state index contributed by atoms with van der Waals surface area (Å²) in [5, 5.41) is 10.0. The fraction of sp³-hybridized carbons (Fsp3) is 0.500. The Morgan fingerprint density at radius 3 is 2.35 bits per heavy atom. The molecule has 1 fully saturated rings. The largest absolute Gasteiger partial charge is 0.344 e. The SMILES string of the molecule is CC(C)(C)c1nnc(N2CCN(S(=O)(=O)c3ccc(F)c(Cl)c3)CC2)s1. The van der Waals surface area contributed by atoms with Gasteiger partial charge in [-0.1, -0.05) is 43.7 Å². The lowest BCUT2D eigenvalue weighted by Gasteiger charge is -2.33. The van der Waals surface area contributed by atoms with E-state index in [1.165, 1.54) is 21.7 Å². The van der Waals surface area contributed by atoms with Crippen LogP contribution in [0.3, 0.4) is 0 Å². The van der Waals surface area contributed by atoms with Crippen molar-refractivity contribution in [2.75, 3.05) is 31.1 Å². The van der Waals surface area contributed by atoms with Crippen LogP contribution >= 0.6 is 22.9 Å². The maximum atomic E-state index is 13.3. The number of hydrogen-bond acceptors (Lipinski definition) is 6. The summed E-state index contributed by atoms with van der Waals surface area (Å²) >= 11 is 7.25. The maximum Gasteiger partial charge on any atom is 0.243 e. The van der Waals surface area contributed by atoms with E-state index >= 15 is 0 Å². The summed E-state index contributed by atoms with van der Waals surface area (Å²) in [5.74, 6) is -0.638. The third kappa shape index (κ3) is 3.85. The number of halogens is 2. The van der Waals surface area contributed by atoms with E-state index in [9.17, 15) is 12.8 Å². The molecule has 2 heterocycles. The van der Waals surface area contributed by atoms with Gasteiger partial charge in [-0.2, -0.15) is 4.31 Å². The molecule has 0 radical (unpaired) electrons. The fourth-order valence-electron chi connectivity index (χ4n) is 2.55. The Bertz CT molecular complexity index is 903. The minimum Gasteiger partial charge on any atom is -0.344 e. The smallest absolute Gasteiger partial charge is 0.243 e. The van der Waals surface area contributed by atoms with Crippen LogP contribution in [0.15, 0.2) is 23.1 Å². The molecule has 1 aromatic heterocycles. The summed E-state index contributed by atoms with van der Waals surface area (Å²) < 4.78 is 40.1. The average molecular weight is 419 g/mol. The average Bonchev–Trinajstić information content (AvgIpc) is 3.08. The van der Waals surface area contributed by atoms with Gasteiger partial charge < -0.3 is 4.90 Å². The number of anilines is 1. The summed E-state index contributed by atoms with van der Waals surface area (Å²) in [5.41, 5.74) is -0.0665. The van der Waals surface area contributed by atoms with Crippen LogP contribution in [-0.4, -0.2) is 49.1 Å². The van der Waals surface area contributed by atoms with Gasteiger partial charge in [0.25, 0.3) is 0 Å². The van der Waals surface area contributed by atoms with Gasteiger partial charge in [0.2, 0.25) is 15.2 Å². The monoisotopic (exact) mass is 418 g/mol. The highest BCUT2D eigenvalue weighted by Crippen LogP contribution is 2.31. The van der Waals surface area contributed by atoms with Crippen molar-refractivity contribution in [1.29, 1.82) is 0 Å². The zero-order chi connectivity index (χ0) is 19.1. The van der Waals surface area contributed by atoms with Crippen molar-refractivity contribution in [3.8, 4) is 0 Å². The van der Waals surface area contributed by atoms with Gasteiger partial charge in [-0.15, -0.1) is 10.2 Å². The second kappa shape index (κ2) is 7.03. The molecule has 1 aromatic carbocycles. The number of rotatable bonds is 3. The molecule has 0 N–H and O–H groups in total. The molecule has 3 rings (SSSR count). The molecule has 1 aliphatic rings. The van der Waals surface area contributed by atoms with Crippen molar-refractivity contribution in [3.05, 3.63) is 34.0 Å². The third-order valence-electron chi connectivity index (χ3n) is 4.09. The van der Waals surface area contributed by atoms with Gasteiger partial charge in [-0.25, -0.2) is 12.8 Å². The second-order valence-corrected chi connectivity index (χ2v) is 10.4. The molecule has 6 nitrogen and oxygen atoms in total. The van der Waals surface area contributed by atoms with E-state index in [0.717, 1.165) is 22.3 Å². The first kappa shape index (κ1) is 19.5. The van der Waals surface area contributed by atoms with Crippen molar-refractivity contribution in [1.82, 2.24) is 14.5 Å². The van der Waals surface area contributed by atoms with Crippen molar-refractivity contribution in [3.63, 3.8) is 0 Å². The Hall–Kier alpha value is -1.29. The van der Waals surface area contributed by atoms with Crippen LogP contribution in [0.2, 0.25) is 5.02 Å². The molecule has 0 aliphatic carbocycles. The van der Waals surface area contributed by atoms with Gasteiger partial charge in [-0.3, -0.25) is 0 Å². The lowest BCUT2D eigenvalue weighted by Crippen LogP contribution is -2.48. The Balaban J connectivity index is 1.71. The molecule has 0 spiro atoms. The topological polar surface area (TPSA) is 66.4 Å². The summed E-state index contributed by atoms with van der Waals surface area (Å²) in [6.45, 7) is 7.92. The molecule has 0 saturated carbocycles. The van der Waals surface area contributed by atoms with Gasteiger partial charge in [0.1, 0.15) is 10.8 Å². The normalized spacial score (nSPS) is 16.9. The number of hydrogen-bond donors (Lipinski definition) is 0. The van der Waals surface area contributed by atoms with Crippen LogP contribution in [0.1, 0.15) is 25.8 Å². The Labute approximate surface area is 161 Å². The van der Waals surface area contributed by atoms with Crippen molar-refractivity contribution in [2.24, 2.45) is 0 Å². The van der Waals surface area contributed by atoms with E-state index in [1.807, 2.05) is 4.90 Å². The summed E-state index contributed by atoms with van der Waals surface area (Å²) in [7, 11) is -3.70. The Morgan fingerprint density at radius 1 is 1.15 bits per heavy atom. The summed E-state index contributed by atoms with van der Waals surface area (Å²) in [4.78, 5) is 2.04. The first-order chi connectivity index (χ1) is 12.1. The van der Waals surface area contributed by atoms with Gasteiger partial charge in [-0.05, 0) is 18.2 Å². The molecule has 0 unspecified atom stereocenters. The van der Waals surface area contributed by atoms with E-state index in [2.05, 4.69) is 31.0 Å². The molecule has 1 aliphatic heterocycles. The first-order valence-electron chi connectivity index (χ1n) is 8.13. The Kier molecular flexibility index (Phi) is 5.26. The number of aromatic nitrogens is 2. The second-order valence-electron chi connectivity index (χ2n) is 7.11. The lowest BCUT2D eigenvalue weighted by molar-refractivity contribution is 0.384. The number of benzene rings is 1. The maximum absolute atomic E-state index is 13.3. The van der Waals surface area contributed by atoms with Crippen molar-refractivity contribution in [2.45, 2.75) is 31.1 Å². The van der Waals surface area contributed by atoms with Gasteiger partial charge in [0.15, 0.2) is 0 Å². The standard InChI is InChI=1S/C16H20ClFN4O2S2/c1-16(2,3)14-19-20-15(25-14)21-6-8-22(9-7-21)26(23,24)11-4-5-13(18)12(17)10-11/h4-5,10H,6-9H2,1-3H3. The quantitative estimate of drug-likeness (QED) is 0.766. The molecule has 0 atom stereocenters. The van der Waals surface area contributed by atoms with Crippen LogP contribution in [0, 0.1) is 5.82 Å². The van der Waals surface area contributed by atoms with Crippen LogP contribution in [0.5, 0.6) is 0 Å². The molecular formula is C16H20ClFN4O2S2.